The fourth-order valence-electron chi connectivity index (χ4n) is 2.63. The molecule has 3 N–H and O–H groups in total. The van der Waals surface area contributed by atoms with Crippen molar-refractivity contribution in [2.45, 2.75) is 31.5 Å². The molecule has 0 bridgehead atoms. The minimum Gasteiger partial charge on any atom is -0.493 e. The number of fused-ring (bicyclic) bond motifs is 1. The molecule has 4 nitrogen and oxygen atoms in total. The number of para-hydroxylation sites is 1. The van der Waals surface area contributed by atoms with Gasteiger partial charge < -0.3 is 15.8 Å². The Morgan fingerprint density at radius 1 is 1.36 bits per heavy atom. The number of nitrogens with one attached hydrogen (secondary N) is 1. The first-order valence-electron chi connectivity index (χ1n) is 7.26. The molecule has 0 spiro atoms. The summed E-state index contributed by atoms with van der Waals surface area (Å²) in [5.74, 6) is 0.824. The molecule has 1 atom stereocenters. The van der Waals surface area contributed by atoms with Gasteiger partial charge in [-0.05, 0) is 18.9 Å². The second-order valence-corrected chi connectivity index (χ2v) is 5.85. The van der Waals surface area contributed by atoms with Gasteiger partial charge in [-0.3, -0.25) is 4.99 Å². The minimum atomic E-state index is -4.21. The molecule has 22 heavy (non-hydrogen) atoms. The lowest BCUT2D eigenvalue weighted by Crippen LogP contribution is -2.38. The monoisotopic (exact) mass is 313 g/mol. The molecule has 1 saturated carbocycles. The van der Waals surface area contributed by atoms with Crippen molar-refractivity contribution in [1.29, 1.82) is 0 Å². The highest BCUT2D eigenvalue weighted by Crippen LogP contribution is 2.57. The van der Waals surface area contributed by atoms with Gasteiger partial charge in [0.2, 0.25) is 0 Å². The normalized spacial score (nSPS) is 23.4. The summed E-state index contributed by atoms with van der Waals surface area (Å²) >= 11 is 0. The average Bonchev–Trinajstić information content (AvgIpc) is 3.26. The largest absolute Gasteiger partial charge is 0.493 e. The van der Waals surface area contributed by atoms with E-state index >= 15 is 0 Å². The molecule has 1 heterocycles. The van der Waals surface area contributed by atoms with Crippen LogP contribution in [-0.4, -0.2) is 25.3 Å². The third-order valence-corrected chi connectivity index (χ3v) is 4.29. The topological polar surface area (TPSA) is 59.6 Å². The summed E-state index contributed by atoms with van der Waals surface area (Å²) < 4.78 is 44.1. The standard InChI is InChI=1S/C15H18F3N3O/c16-15(17,18)14(6-7-14)9-20-13(19)21-11-5-8-22-12-4-2-1-3-10(11)12/h1-4,11H,5-9H2,(H3,19,20,21). The Morgan fingerprint density at radius 3 is 2.77 bits per heavy atom. The molecule has 120 valence electrons. The lowest BCUT2D eigenvalue weighted by Gasteiger charge is -2.27. The lowest BCUT2D eigenvalue weighted by molar-refractivity contribution is -0.183. The fraction of sp³-hybridized carbons (Fsp3) is 0.533. The Balaban J connectivity index is 1.66. The summed E-state index contributed by atoms with van der Waals surface area (Å²) in [6.07, 6.45) is -3.25. The quantitative estimate of drug-likeness (QED) is 0.666. The number of hydrogen-bond acceptors (Lipinski definition) is 2. The number of ether oxygens (including phenoxy) is 1. The van der Waals surface area contributed by atoms with Crippen molar-refractivity contribution in [3.63, 3.8) is 0 Å². The molecular weight excluding hydrogens is 295 g/mol. The average molecular weight is 313 g/mol. The van der Waals surface area contributed by atoms with Gasteiger partial charge in [-0.25, -0.2) is 0 Å². The summed E-state index contributed by atoms with van der Waals surface area (Å²) in [6, 6.07) is 7.45. The Morgan fingerprint density at radius 2 is 2.09 bits per heavy atom. The number of alkyl halides is 3. The van der Waals surface area contributed by atoms with Gasteiger partial charge in [0.1, 0.15) is 5.75 Å². The van der Waals surface area contributed by atoms with E-state index in [4.69, 9.17) is 10.5 Å². The van der Waals surface area contributed by atoms with Gasteiger partial charge in [-0.15, -0.1) is 0 Å². The number of aliphatic imine (C=N–C) groups is 1. The molecule has 3 rings (SSSR count). The van der Waals surface area contributed by atoms with Crippen molar-refractivity contribution in [2.75, 3.05) is 13.2 Å². The Hall–Kier alpha value is -1.92. The zero-order chi connectivity index (χ0) is 15.8. The summed E-state index contributed by atoms with van der Waals surface area (Å²) in [6.45, 7) is 0.231. The molecule has 1 unspecified atom stereocenters. The maximum Gasteiger partial charge on any atom is 0.396 e. The predicted molar refractivity (Wildman–Crippen MR) is 76.6 cm³/mol. The van der Waals surface area contributed by atoms with Gasteiger partial charge in [0.15, 0.2) is 5.96 Å². The second kappa shape index (κ2) is 5.37. The van der Waals surface area contributed by atoms with Crippen LogP contribution in [0.5, 0.6) is 5.75 Å². The molecule has 1 fully saturated rings. The van der Waals surface area contributed by atoms with Gasteiger partial charge in [-0.2, -0.15) is 13.2 Å². The van der Waals surface area contributed by atoms with Crippen LogP contribution < -0.4 is 15.8 Å². The van der Waals surface area contributed by atoms with E-state index in [1.807, 2.05) is 24.3 Å². The first-order chi connectivity index (χ1) is 10.4. The summed E-state index contributed by atoms with van der Waals surface area (Å²) in [5, 5.41) is 3.01. The zero-order valence-electron chi connectivity index (χ0n) is 12.0. The van der Waals surface area contributed by atoms with Crippen LogP contribution in [0.15, 0.2) is 29.3 Å². The van der Waals surface area contributed by atoms with E-state index in [0.717, 1.165) is 11.3 Å². The maximum absolute atomic E-state index is 12.9. The summed E-state index contributed by atoms with van der Waals surface area (Å²) in [4.78, 5) is 3.91. The molecule has 0 saturated heterocycles. The minimum absolute atomic E-state index is 0.0530. The maximum atomic E-state index is 12.9. The Labute approximate surface area is 126 Å². The molecule has 1 aliphatic carbocycles. The number of guanidine groups is 1. The predicted octanol–water partition coefficient (Wildman–Crippen LogP) is 2.76. The van der Waals surface area contributed by atoms with E-state index in [-0.39, 0.29) is 31.4 Å². The number of hydrogen-bond donors (Lipinski definition) is 2. The molecule has 0 amide bonds. The molecule has 1 aromatic rings. The Kier molecular flexibility index (Phi) is 3.66. The van der Waals surface area contributed by atoms with E-state index in [1.165, 1.54) is 0 Å². The summed E-state index contributed by atoms with van der Waals surface area (Å²) in [5.41, 5.74) is 5.06. The SMILES string of the molecule is NC(=NCC1(C(F)(F)F)CC1)NC1CCOc2ccccc21. The third kappa shape index (κ3) is 2.84. The van der Waals surface area contributed by atoms with Crippen LogP contribution in [-0.2, 0) is 0 Å². The van der Waals surface area contributed by atoms with Crippen molar-refractivity contribution < 1.29 is 17.9 Å². The van der Waals surface area contributed by atoms with Crippen molar-refractivity contribution in [3.8, 4) is 5.75 Å². The first kappa shape index (κ1) is 15.0. The van der Waals surface area contributed by atoms with Crippen LogP contribution in [0.4, 0.5) is 13.2 Å². The first-order valence-corrected chi connectivity index (χ1v) is 7.26. The van der Waals surface area contributed by atoms with Crippen LogP contribution in [0.1, 0.15) is 30.9 Å². The number of halogens is 3. The number of rotatable bonds is 3. The highest BCUT2D eigenvalue weighted by atomic mass is 19.4. The van der Waals surface area contributed by atoms with E-state index in [2.05, 4.69) is 10.3 Å². The van der Waals surface area contributed by atoms with Crippen molar-refractivity contribution in [2.24, 2.45) is 16.1 Å². The van der Waals surface area contributed by atoms with Crippen molar-refractivity contribution in [3.05, 3.63) is 29.8 Å². The van der Waals surface area contributed by atoms with Gasteiger partial charge in [-0.1, -0.05) is 18.2 Å². The molecule has 7 heteroatoms. The van der Waals surface area contributed by atoms with Crippen LogP contribution in [0.3, 0.4) is 0 Å². The molecule has 1 aromatic carbocycles. The van der Waals surface area contributed by atoms with Crippen LogP contribution in [0.25, 0.3) is 0 Å². The van der Waals surface area contributed by atoms with E-state index in [1.54, 1.807) is 0 Å². The Bertz CT molecular complexity index is 582. The number of benzene rings is 1. The smallest absolute Gasteiger partial charge is 0.396 e. The molecule has 1 aliphatic heterocycles. The van der Waals surface area contributed by atoms with E-state index in [0.29, 0.717) is 13.0 Å². The zero-order valence-corrected chi connectivity index (χ0v) is 12.0. The van der Waals surface area contributed by atoms with Crippen LogP contribution in [0, 0.1) is 5.41 Å². The number of nitrogens with two attached hydrogens (primary N) is 1. The van der Waals surface area contributed by atoms with Gasteiger partial charge in [0.05, 0.1) is 24.6 Å². The highest BCUT2D eigenvalue weighted by Gasteiger charge is 2.63. The highest BCUT2D eigenvalue weighted by molar-refractivity contribution is 5.78. The van der Waals surface area contributed by atoms with E-state index < -0.39 is 11.6 Å². The lowest BCUT2D eigenvalue weighted by atomic mass is 10.0. The summed E-state index contributed by atoms with van der Waals surface area (Å²) in [7, 11) is 0. The van der Waals surface area contributed by atoms with Crippen molar-refractivity contribution >= 4 is 5.96 Å². The van der Waals surface area contributed by atoms with Crippen LogP contribution >= 0.6 is 0 Å². The van der Waals surface area contributed by atoms with Crippen LogP contribution in [0.2, 0.25) is 0 Å². The number of nitrogens with zero attached hydrogens (tertiary/aromatic N) is 1. The molecular formula is C15H18F3N3O. The fourth-order valence-corrected chi connectivity index (χ4v) is 2.63. The van der Waals surface area contributed by atoms with Gasteiger partial charge in [0.25, 0.3) is 0 Å². The van der Waals surface area contributed by atoms with Gasteiger partial charge in [0, 0.05) is 12.0 Å². The molecule has 0 radical (unpaired) electrons. The molecule has 2 aliphatic rings. The van der Waals surface area contributed by atoms with Gasteiger partial charge >= 0.3 is 6.18 Å². The van der Waals surface area contributed by atoms with E-state index in [9.17, 15) is 13.2 Å². The molecule has 0 aromatic heterocycles. The van der Waals surface area contributed by atoms with Crippen molar-refractivity contribution in [1.82, 2.24) is 5.32 Å². The second-order valence-electron chi connectivity index (χ2n) is 5.85. The third-order valence-electron chi connectivity index (χ3n) is 4.29.